The van der Waals surface area contributed by atoms with E-state index in [0.29, 0.717) is 5.56 Å². The third-order valence-electron chi connectivity index (χ3n) is 7.54. The molecule has 38 heavy (non-hydrogen) atoms. The van der Waals surface area contributed by atoms with Gasteiger partial charge in [0.05, 0.1) is 12.2 Å². The molecular weight excluding hydrogens is 506 g/mol. The number of aliphatic hydroxyl groups excluding tert-OH is 1. The average Bonchev–Trinajstić information content (AvgIpc) is 3.60. The summed E-state index contributed by atoms with van der Waals surface area (Å²) in [4.78, 5) is 49.9. The molecule has 2 N–H and O–H groups in total. The first kappa shape index (κ1) is 26.7. The van der Waals surface area contributed by atoms with Crippen LogP contribution in [0.1, 0.15) is 31.1 Å². The summed E-state index contributed by atoms with van der Waals surface area (Å²) >= 11 is 1.62. The largest absolute Gasteiger partial charge is 0.388 e. The van der Waals surface area contributed by atoms with Crippen LogP contribution in [-0.4, -0.2) is 108 Å². The first-order chi connectivity index (χ1) is 18.0. The molecule has 2 aromatic rings. The van der Waals surface area contributed by atoms with Gasteiger partial charge in [-0.25, -0.2) is 4.98 Å². The maximum Gasteiger partial charge on any atom is 0.251 e. The molecule has 0 radical (unpaired) electrons. The summed E-state index contributed by atoms with van der Waals surface area (Å²) in [6.07, 6.45) is -1.64. The second kappa shape index (κ2) is 10.4. The highest BCUT2D eigenvalue weighted by Crippen LogP contribution is 2.31. The van der Waals surface area contributed by atoms with E-state index in [9.17, 15) is 19.5 Å². The minimum absolute atomic E-state index is 0.000806. The highest BCUT2D eigenvalue weighted by atomic mass is 32.1. The number of carbonyl (C=O) groups is 3. The van der Waals surface area contributed by atoms with Crippen molar-refractivity contribution in [3.05, 3.63) is 35.2 Å². The number of amides is 2. The van der Waals surface area contributed by atoms with E-state index in [1.165, 1.54) is 4.90 Å². The van der Waals surface area contributed by atoms with Gasteiger partial charge in [-0.05, 0) is 24.6 Å². The Bertz CT molecular complexity index is 1200. The van der Waals surface area contributed by atoms with E-state index in [0.717, 1.165) is 42.6 Å². The number of fused-ring (bicyclic) bond motifs is 1. The van der Waals surface area contributed by atoms with Gasteiger partial charge in [0.15, 0.2) is 10.9 Å². The van der Waals surface area contributed by atoms with Gasteiger partial charge in [-0.2, -0.15) is 0 Å². The Morgan fingerprint density at radius 3 is 2.50 bits per heavy atom. The van der Waals surface area contributed by atoms with Gasteiger partial charge in [-0.1, -0.05) is 32.9 Å². The number of piperazine rings is 1. The normalized spacial score (nSPS) is 25.0. The Kier molecular flexibility index (Phi) is 7.29. The Hall–Kier alpha value is -2.86. The lowest BCUT2D eigenvalue weighted by Crippen LogP contribution is -2.57. The van der Waals surface area contributed by atoms with E-state index in [1.54, 1.807) is 23.5 Å². The summed E-state index contributed by atoms with van der Waals surface area (Å²) in [6.45, 7) is 9.39. The molecule has 10 nitrogen and oxygen atoms in total. The molecule has 0 saturated carbocycles. The number of ether oxygens (including phenoxy) is 1. The van der Waals surface area contributed by atoms with Crippen molar-refractivity contribution in [1.29, 1.82) is 0 Å². The van der Waals surface area contributed by atoms with E-state index in [4.69, 9.17) is 9.72 Å². The monoisotopic (exact) mass is 541 g/mol. The van der Waals surface area contributed by atoms with Crippen molar-refractivity contribution in [2.75, 3.05) is 51.3 Å². The summed E-state index contributed by atoms with van der Waals surface area (Å²) in [6, 6.07) is 5.48. The zero-order chi connectivity index (χ0) is 27.2. The summed E-state index contributed by atoms with van der Waals surface area (Å²) in [7, 11) is 2.12. The minimum Gasteiger partial charge on any atom is -0.388 e. The van der Waals surface area contributed by atoms with Crippen LogP contribution in [0.2, 0.25) is 0 Å². The first-order valence-corrected chi connectivity index (χ1v) is 13.8. The Morgan fingerprint density at radius 2 is 1.84 bits per heavy atom. The molecule has 3 fully saturated rings. The standard InChI is InChI=1S/C27H35N5O5S/c1-27(2,3)23(25(36)32-13-19(33)22-21(32)20(34)14-37-22)29-24(35)17-7-5-16(6-8-17)18-15-38-26(28-18)31-11-9-30(4)10-12-31/h5-8,15,19,21-23,33H,9-14H2,1-4H3,(H,29,35)/t19-,21-,22-,23-/m1/s1. The van der Waals surface area contributed by atoms with Gasteiger partial charge < -0.3 is 29.9 Å². The molecule has 1 aromatic carbocycles. The molecule has 3 aliphatic rings. The predicted octanol–water partition coefficient (Wildman–Crippen LogP) is 1.25. The Labute approximate surface area is 226 Å². The number of anilines is 1. The molecule has 5 rings (SSSR count). The molecule has 0 aliphatic carbocycles. The van der Waals surface area contributed by atoms with Crippen LogP contribution in [0, 0.1) is 5.41 Å². The van der Waals surface area contributed by atoms with Crippen molar-refractivity contribution in [1.82, 2.24) is 20.1 Å². The fourth-order valence-corrected chi connectivity index (χ4v) is 6.11. The predicted molar refractivity (Wildman–Crippen MR) is 144 cm³/mol. The number of likely N-dealkylation sites (N-methyl/N-ethyl adjacent to an activating group) is 1. The topological polar surface area (TPSA) is 115 Å². The molecule has 204 valence electrons. The van der Waals surface area contributed by atoms with Crippen molar-refractivity contribution in [2.24, 2.45) is 5.41 Å². The third kappa shape index (κ3) is 5.20. The lowest BCUT2D eigenvalue weighted by atomic mass is 9.85. The van der Waals surface area contributed by atoms with E-state index in [2.05, 4.69) is 22.2 Å². The molecule has 4 heterocycles. The van der Waals surface area contributed by atoms with Crippen LogP contribution in [0.5, 0.6) is 0 Å². The number of likely N-dealkylation sites (tertiary alicyclic amines) is 1. The number of hydrogen-bond donors (Lipinski definition) is 2. The Balaban J connectivity index is 1.28. The van der Waals surface area contributed by atoms with Gasteiger partial charge in [0.1, 0.15) is 30.9 Å². The molecule has 2 amide bonds. The summed E-state index contributed by atoms with van der Waals surface area (Å²) in [5, 5.41) is 16.2. The van der Waals surface area contributed by atoms with Crippen molar-refractivity contribution >= 4 is 34.1 Å². The number of ketones is 1. The van der Waals surface area contributed by atoms with Crippen molar-refractivity contribution in [3.8, 4) is 11.3 Å². The number of carbonyl (C=O) groups excluding carboxylic acids is 3. The molecule has 4 atom stereocenters. The maximum absolute atomic E-state index is 13.6. The van der Waals surface area contributed by atoms with E-state index < -0.39 is 35.6 Å². The van der Waals surface area contributed by atoms with Gasteiger partial charge in [0, 0.05) is 42.7 Å². The van der Waals surface area contributed by atoms with Crippen LogP contribution in [0.25, 0.3) is 11.3 Å². The summed E-state index contributed by atoms with van der Waals surface area (Å²) in [5.74, 6) is -1.01. The van der Waals surface area contributed by atoms with Crippen molar-refractivity contribution < 1.29 is 24.2 Å². The number of Topliss-reactive ketones (excluding diaryl/α,β-unsaturated/α-hetero) is 1. The number of aliphatic hydroxyl groups is 1. The zero-order valence-corrected chi connectivity index (χ0v) is 23.0. The zero-order valence-electron chi connectivity index (χ0n) is 22.2. The van der Waals surface area contributed by atoms with E-state index >= 15 is 0 Å². The van der Waals surface area contributed by atoms with Crippen LogP contribution in [-0.2, 0) is 14.3 Å². The molecule has 11 heteroatoms. The number of benzene rings is 1. The van der Waals surface area contributed by atoms with Crippen LogP contribution < -0.4 is 10.2 Å². The second-order valence-corrected chi connectivity index (χ2v) is 12.2. The van der Waals surface area contributed by atoms with Crippen LogP contribution in [0.15, 0.2) is 29.6 Å². The number of thiazole rings is 1. The van der Waals surface area contributed by atoms with Crippen LogP contribution in [0.4, 0.5) is 5.13 Å². The average molecular weight is 542 g/mol. The third-order valence-corrected chi connectivity index (χ3v) is 8.44. The second-order valence-electron chi connectivity index (χ2n) is 11.4. The number of rotatable bonds is 5. The SMILES string of the molecule is CN1CCN(c2nc(-c3ccc(C(=O)N[C@H](C(=O)N4C[C@@H](O)[C@H]5OCC(=O)[C@H]54)C(C)(C)C)cc3)cs2)CC1. The van der Waals surface area contributed by atoms with Gasteiger partial charge in [0.2, 0.25) is 5.91 Å². The molecular formula is C27H35N5O5S. The molecule has 0 unspecified atom stereocenters. The molecule has 3 aliphatic heterocycles. The van der Waals surface area contributed by atoms with Crippen molar-refractivity contribution in [3.63, 3.8) is 0 Å². The fraction of sp³-hybridized carbons (Fsp3) is 0.556. The number of β-amino-alcohol motifs (C(OH)–C–C–N with tert-alkyl or cyclic N) is 1. The van der Waals surface area contributed by atoms with Crippen LogP contribution in [0.3, 0.4) is 0 Å². The number of hydrogen-bond acceptors (Lipinski definition) is 9. The summed E-state index contributed by atoms with van der Waals surface area (Å²) in [5.41, 5.74) is 1.58. The number of aromatic nitrogens is 1. The molecule has 0 spiro atoms. The van der Waals surface area contributed by atoms with Crippen molar-refractivity contribution in [2.45, 2.75) is 45.1 Å². The lowest BCUT2D eigenvalue weighted by Gasteiger charge is -2.34. The smallest absolute Gasteiger partial charge is 0.251 e. The number of nitrogens with one attached hydrogen (secondary N) is 1. The number of nitrogens with zero attached hydrogens (tertiary/aromatic N) is 4. The highest BCUT2D eigenvalue weighted by Gasteiger charge is 2.53. The minimum atomic E-state index is -0.929. The fourth-order valence-electron chi connectivity index (χ4n) is 5.22. The van der Waals surface area contributed by atoms with Gasteiger partial charge in [-0.15, -0.1) is 11.3 Å². The summed E-state index contributed by atoms with van der Waals surface area (Å²) < 4.78 is 5.40. The lowest BCUT2D eigenvalue weighted by molar-refractivity contribution is -0.140. The Morgan fingerprint density at radius 1 is 1.16 bits per heavy atom. The molecule has 1 aromatic heterocycles. The van der Waals surface area contributed by atoms with Gasteiger partial charge in [-0.3, -0.25) is 14.4 Å². The van der Waals surface area contributed by atoms with Gasteiger partial charge in [0.25, 0.3) is 5.91 Å². The highest BCUT2D eigenvalue weighted by molar-refractivity contribution is 7.14. The van der Waals surface area contributed by atoms with Crippen LogP contribution >= 0.6 is 11.3 Å². The first-order valence-electron chi connectivity index (χ1n) is 13.0. The van der Waals surface area contributed by atoms with Gasteiger partial charge >= 0.3 is 0 Å². The van der Waals surface area contributed by atoms with E-state index in [-0.39, 0.29) is 24.8 Å². The maximum atomic E-state index is 13.6. The molecule has 3 saturated heterocycles. The molecule has 0 bridgehead atoms. The van der Waals surface area contributed by atoms with E-state index in [1.807, 2.05) is 38.3 Å². The quantitative estimate of drug-likeness (QED) is 0.581.